The van der Waals surface area contributed by atoms with Gasteiger partial charge in [-0.1, -0.05) is 12.1 Å². The molecule has 6 aromatic rings. The number of pyridine rings is 2. The molecule has 0 N–H and O–H groups in total. The molecule has 0 bridgehead atoms. The van der Waals surface area contributed by atoms with Crippen LogP contribution in [0.3, 0.4) is 0 Å². The lowest BCUT2D eigenvalue weighted by molar-refractivity contribution is 0.328. The molecule has 0 atom stereocenters. The van der Waals surface area contributed by atoms with Crippen molar-refractivity contribution in [1.29, 1.82) is 0 Å². The first kappa shape index (κ1) is 27.1. The molecule has 0 fully saturated rings. The molecule has 0 saturated carbocycles. The van der Waals surface area contributed by atoms with Gasteiger partial charge in [-0.15, -0.1) is 10.2 Å². The molecule has 0 saturated heterocycles. The fourth-order valence-electron chi connectivity index (χ4n) is 5.13. The van der Waals surface area contributed by atoms with Gasteiger partial charge in [-0.3, -0.25) is 9.08 Å². The van der Waals surface area contributed by atoms with E-state index in [1.807, 2.05) is 48.6 Å². The summed E-state index contributed by atoms with van der Waals surface area (Å²) in [4.78, 5) is 16.7. The lowest BCUT2D eigenvalue weighted by Crippen LogP contribution is -2.25. The zero-order valence-electron chi connectivity index (χ0n) is 24.4. The van der Waals surface area contributed by atoms with Crippen molar-refractivity contribution in [3.63, 3.8) is 0 Å². The molecule has 0 radical (unpaired) electrons. The van der Waals surface area contributed by atoms with Gasteiger partial charge in [0.2, 0.25) is 5.88 Å². The molecular formula is C31H33N9O2. The van der Waals surface area contributed by atoms with Crippen LogP contribution in [0.5, 0.6) is 11.6 Å². The third-order valence-corrected chi connectivity index (χ3v) is 7.12. The Bertz CT molecular complexity index is 1840. The second-order valence-electron chi connectivity index (χ2n) is 10.3. The maximum absolute atomic E-state index is 5.91. The highest BCUT2D eigenvalue weighted by Gasteiger charge is 2.24. The number of aryl methyl sites for hydroxylation is 1. The Morgan fingerprint density at radius 2 is 1.83 bits per heavy atom. The number of nitrogens with zero attached hydrogens (tertiary/aromatic N) is 9. The zero-order chi connectivity index (χ0) is 29.2. The summed E-state index contributed by atoms with van der Waals surface area (Å²) < 4.78 is 15.3. The number of methoxy groups -OCH3 is 1. The predicted molar refractivity (Wildman–Crippen MR) is 161 cm³/mol. The Labute approximate surface area is 243 Å². The minimum atomic E-state index is 0.118. The summed E-state index contributed by atoms with van der Waals surface area (Å²) in [5.41, 5.74) is 7.05. The van der Waals surface area contributed by atoms with Gasteiger partial charge in [0.1, 0.15) is 28.9 Å². The van der Waals surface area contributed by atoms with Gasteiger partial charge >= 0.3 is 0 Å². The van der Waals surface area contributed by atoms with Crippen LogP contribution in [0.2, 0.25) is 0 Å². The lowest BCUT2D eigenvalue weighted by atomic mass is 10.1. The monoisotopic (exact) mass is 563 g/mol. The van der Waals surface area contributed by atoms with E-state index in [-0.39, 0.29) is 6.04 Å². The fourth-order valence-corrected chi connectivity index (χ4v) is 5.13. The van der Waals surface area contributed by atoms with Crippen molar-refractivity contribution < 1.29 is 9.47 Å². The van der Waals surface area contributed by atoms with Gasteiger partial charge in [-0.25, -0.2) is 15.0 Å². The van der Waals surface area contributed by atoms with Crippen molar-refractivity contribution >= 4 is 22.4 Å². The summed E-state index contributed by atoms with van der Waals surface area (Å²) in [6.45, 7) is 9.79. The van der Waals surface area contributed by atoms with Crippen LogP contribution in [-0.2, 0) is 13.1 Å². The van der Waals surface area contributed by atoms with Crippen LogP contribution in [0, 0.1) is 6.92 Å². The maximum Gasteiger partial charge on any atom is 0.222 e. The third kappa shape index (κ3) is 5.09. The van der Waals surface area contributed by atoms with Crippen LogP contribution in [0.25, 0.3) is 27.9 Å². The summed E-state index contributed by atoms with van der Waals surface area (Å²) in [6, 6.07) is 16.1. The number of hydrogen-bond donors (Lipinski definition) is 0. The van der Waals surface area contributed by atoms with Gasteiger partial charge in [0.05, 0.1) is 42.9 Å². The number of aromatic nitrogens is 8. The molecular weight excluding hydrogens is 530 g/mol. The Morgan fingerprint density at radius 3 is 2.60 bits per heavy atom. The molecule has 0 aliphatic rings. The average molecular weight is 564 g/mol. The standard InChI is InChI=1S/C31H33N9O2/c1-6-42-31-24(8-7-14-33-31)25-16-26(30-29(35-25)21(4)37-40(30)20(2)3)38(17-22-9-11-23(41-5)12-10-22)18-28-32-15-13-27-36-34-19-39(27)28/h7-16,19-20H,6,17-18H2,1-5H3. The summed E-state index contributed by atoms with van der Waals surface area (Å²) in [6.07, 6.45) is 5.20. The summed E-state index contributed by atoms with van der Waals surface area (Å²) in [7, 11) is 1.67. The SMILES string of the molecule is CCOc1ncccc1-c1cc(N(Cc2ccc(OC)cc2)Cc2nccc3nncn23)c2c(n1)c(C)nn2C(C)C. The summed E-state index contributed by atoms with van der Waals surface area (Å²) >= 11 is 0. The van der Waals surface area contributed by atoms with Gasteiger partial charge < -0.3 is 14.4 Å². The minimum absolute atomic E-state index is 0.118. The summed E-state index contributed by atoms with van der Waals surface area (Å²) in [5.74, 6) is 2.16. The van der Waals surface area contributed by atoms with Gasteiger partial charge in [-0.05, 0) is 63.6 Å². The number of ether oxygens (including phenoxy) is 2. The highest BCUT2D eigenvalue weighted by atomic mass is 16.5. The van der Waals surface area contributed by atoms with E-state index in [4.69, 9.17) is 24.5 Å². The van der Waals surface area contributed by atoms with Crippen molar-refractivity contribution in [3.05, 3.63) is 84.3 Å². The summed E-state index contributed by atoms with van der Waals surface area (Å²) in [5, 5.41) is 13.3. The Kier molecular flexibility index (Phi) is 7.39. The van der Waals surface area contributed by atoms with Crippen LogP contribution < -0.4 is 14.4 Å². The van der Waals surface area contributed by atoms with Crippen molar-refractivity contribution in [2.75, 3.05) is 18.6 Å². The van der Waals surface area contributed by atoms with Gasteiger partial charge in [-0.2, -0.15) is 5.10 Å². The highest BCUT2D eigenvalue weighted by molar-refractivity contribution is 5.93. The number of hydrogen-bond acceptors (Lipinski definition) is 9. The zero-order valence-corrected chi connectivity index (χ0v) is 24.4. The van der Waals surface area contributed by atoms with Crippen molar-refractivity contribution in [2.24, 2.45) is 0 Å². The molecule has 214 valence electrons. The first-order valence-corrected chi connectivity index (χ1v) is 14.0. The molecule has 11 heteroatoms. The first-order chi connectivity index (χ1) is 20.5. The topological polar surface area (TPSA) is 108 Å². The molecule has 0 aliphatic carbocycles. The Balaban J connectivity index is 1.58. The second kappa shape index (κ2) is 11.4. The minimum Gasteiger partial charge on any atom is -0.497 e. The molecule has 0 unspecified atom stereocenters. The van der Waals surface area contributed by atoms with Gasteiger partial charge in [0.25, 0.3) is 0 Å². The maximum atomic E-state index is 5.91. The van der Waals surface area contributed by atoms with Crippen LogP contribution >= 0.6 is 0 Å². The van der Waals surface area contributed by atoms with Gasteiger partial charge in [0.15, 0.2) is 5.65 Å². The quantitative estimate of drug-likeness (QED) is 0.215. The van der Waals surface area contributed by atoms with Crippen molar-refractivity contribution in [3.8, 4) is 22.9 Å². The molecule has 6 rings (SSSR count). The van der Waals surface area contributed by atoms with E-state index in [9.17, 15) is 0 Å². The van der Waals surface area contributed by atoms with E-state index >= 15 is 0 Å². The fraction of sp³-hybridized carbons (Fsp3) is 0.290. The Hall–Kier alpha value is -5.06. The number of rotatable bonds is 10. The predicted octanol–water partition coefficient (Wildman–Crippen LogP) is 5.43. The van der Waals surface area contributed by atoms with Crippen LogP contribution in [-0.4, -0.2) is 53.0 Å². The molecule has 0 spiro atoms. The van der Waals surface area contributed by atoms with Crippen LogP contribution in [0.4, 0.5) is 5.69 Å². The van der Waals surface area contributed by atoms with E-state index in [1.54, 1.807) is 25.8 Å². The molecule has 0 amide bonds. The number of fused-ring (bicyclic) bond motifs is 2. The average Bonchev–Trinajstić information content (AvgIpc) is 3.62. The van der Waals surface area contributed by atoms with Crippen LogP contribution in [0.15, 0.2) is 67.3 Å². The Morgan fingerprint density at radius 1 is 1.00 bits per heavy atom. The molecule has 11 nitrogen and oxygen atoms in total. The van der Waals surface area contributed by atoms with E-state index in [1.165, 1.54) is 0 Å². The number of benzene rings is 1. The third-order valence-electron chi connectivity index (χ3n) is 7.12. The van der Waals surface area contributed by atoms with E-state index < -0.39 is 0 Å². The largest absolute Gasteiger partial charge is 0.497 e. The first-order valence-electron chi connectivity index (χ1n) is 14.0. The van der Waals surface area contributed by atoms with E-state index in [0.717, 1.165) is 56.5 Å². The molecule has 5 heterocycles. The smallest absolute Gasteiger partial charge is 0.222 e. The van der Waals surface area contributed by atoms with Crippen LogP contribution in [0.1, 0.15) is 43.9 Å². The molecule has 5 aromatic heterocycles. The molecule has 0 aliphatic heterocycles. The van der Waals surface area contributed by atoms with E-state index in [0.29, 0.717) is 25.6 Å². The molecule has 42 heavy (non-hydrogen) atoms. The number of anilines is 1. The van der Waals surface area contributed by atoms with Crippen molar-refractivity contribution in [2.45, 2.75) is 46.8 Å². The normalized spacial score (nSPS) is 11.5. The van der Waals surface area contributed by atoms with Gasteiger partial charge in [0, 0.05) is 31.0 Å². The lowest BCUT2D eigenvalue weighted by Gasteiger charge is -2.27. The van der Waals surface area contributed by atoms with E-state index in [2.05, 4.69) is 56.8 Å². The molecule has 1 aromatic carbocycles. The second-order valence-corrected chi connectivity index (χ2v) is 10.3. The van der Waals surface area contributed by atoms with Crippen molar-refractivity contribution in [1.82, 2.24) is 39.3 Å². The highest BCUT2D eigenvalue weighted by Crippen LogP contribution is 2.37.